The van der Waals surface area contributed by atoms with E-state index in [9.17, 15) is 9.59 Å². The van der Waals surface area contributed by atoms with E-state index in [-0.39, 0.29) is 18.3 Å². The van der Waals surface area contributed by atoms with Crippen LogP contribution in [0.2, 0.25) is 0 Å². The van der Waals surface area contributed by atoms with Crippen molar-refractivity contribution in [1.82, 2.24) is 9.88 Å². The average molecular weight is 346 g/mol. The minimum Gasteiger partial charge on any atom is -0.469 e. The summed E-state index contributed by atoms with van der Waals surface area (Å²) in [5, 5.41) is 2.85. The number of nitrogens with zero attached hydrogens (tertiary/aromatic N) is 2. The average Bonchev–Trinajstić information content (AvgIpc) is 3.03. The van der Waals surface area contributed by atoms with Crippen molar-refractivity contribution in [2.45, 2.75) is 26.2 Å². The molecule has 0 unspecified atom stereocenters. The normalized spacial score (nSPS) is 10.5. The van der Waals surface area contributed by atoms with E-state index in [1.807, 2.05) is 24.4 Å². The van der Waals surface area contributed by atoms with Crippen molar-refractivity contribution in [3.05, 3.63) is 40.9 Å². The van der Waals surface area contributed by atoms with E-state index in [1.165, 1.54) is 12.7 Å². The van der Waals surface area contributed by atoms with Crippen molar-refractivity contribution in [1.29, 1.82) is 0 Å². The van der Waals surface area contributed by atoms with Gasteiger partial charge in [0.05, 0.1) is 19.2 Å². The Labute approximate surface area is 146 Å². The molecule has 0 aliphatic heterocycles. The van der Waals surface area contributed by atoms with Crippen molar-refractivity contribution in [2.75, 3.05) is 20.7 Å². The molecule has 0 atom stereocenters. The lowest BCUT2D eigenvalue weighted by Crippen LogP contribution is -2.29. The summed E-state index contributed by atoms with van der Waals surface area (Å²) in [7, 11) is 3.11. The molecule has 2 rings (SSSR count). The molecule has 2 aromatic rings. The molecule has 0 aliphatic rings. The van der Waals surface area contributed by atoms with E-state index >= 15 is 0 Å². The Balaban J connectivity index is 1.88. The minimum atomic E-state index is -0.252. The van der Waals surface area contributed by atoms with Crippen LogP contribution in [-0.2, 0) is 20.7 Å². The summed E-state index contributed by atoms with van der Waals surface area (Å²) in [5.74, 6) is -0.251. The molecule has 1 heterocycles. The molecule has 0 N–H and O–H groups in total. The molecule has 128 valence electrons. The summed E-state index contributed by atoms with van der Waals surface area (Å²) in [6.45, 7) is 2.58. The Kier molecular flexibility index (Phi) is 6.49. The number of methoxy groups -OCH3 is 1. The molecule has 24 heavy (non-hydrogen) atoms. The van der Waals surface area contributed by atoms with Crippen LogP contribution >= 0.6 is 11.3 Å². The number of amides is 1. The van der Waals surface area contributed by atoms with Gasteiger partial charge in [0.2, 0.25) is 5.91 Å². The van der Waals surface area contributed by atoms with Gasteiger partial charge in [0.25, 0.3) is 0 Å². The number of aromatic nitrogens is 1. The van der Waals surface area contributed by atoms with Gasteiger partial charge in [-0.05, 0) is 13.3 Å². The van der Waals surface area contributed by atoms with Crippen LogP contribution in [0.5, 0.6) is 0 Å². The monoisotopic (exact) mass is 346 g/mol. The lowest BCUT2D eigenvalue weighted by Gasteiger charge is -2.16. The second kappa shape index (κ2) is 8.59. The van der Waals surface area contributed by atoms with Crippen molar-refractivity contribution >= 4 is 23.2 Å². The minimum absolute atomic E-state index is 0.000576. The summed E-state index contributed by atoms with van der Waals surface area (Å²) in [5.41, 5.74) is 3.05. The summed E-state index contributed by atoms with van der Waals surface area (Å²) < 4.78 is 4.59. The first-order chi connectivity index (χ1) is 11.5. The highest BCUT2D eigenvalue weighted by Crippen LogP contribution is 2.24. The fourth-order valence-corrected chi connectivity index (χ4v) is 3.02. The molecule has 0 bridgehead atoms. The predicted octanol–water partition coefficient (Wildman–Crippen LogP) is 3.07. The third-order valence-corrected chi connectivity index (χ3v) is 4.65. The summed E-state index contributed by atoms with van der Waals surface area (Å²) in [6, 6.07) is 8.19. The second-order valence-corrected chi connectivity index (χ2v) is 6.54. The van der Waals surface area contributed by atoms with E-state index in [2.05, 4.69) is 21.9 Å². The number of benzene rings is 1. The van der Waals surface area contributed by atoms with Gasteiger partial charge >= 0.3 is 5.97 Å². The molecule has 0 spiro atoms. The Hall–Kier alpha value is -2.21. The maximum Gasteiger partial charge on any atom is 0.305 e. The fourth-order valence-electron chi connectivity index (χ4n) is 2.19. The molecular weight excluding hydrogens is 324 g/mol. The molecule has 0 fully saturated rings. The van der Waals surface area contributed by atoms with Crippen LogP contribution in [-0.4, -0.2) is 42.5 Å². The van der Waals surface area contributed by atoms with E-state index in [1.54, 1.807) is 23.3 Å². The van der Waals surface area contributed by atoms with E-state index in [0.29, 0.717) is 19.4 Å². The van der Waals surface area contributed by atoms with Crippen molar-refractivity contribution in [2.24, 2.45) is 0 Å². The van der Waals surface area contributed by atoms with Gasteiger partial charge in [-0.25, -0.2) is 4.98 Å². The number of carbonyl (C=O) groups excluding carboxylic acids is 2. The van der Waals surface area contributed by atoms with Gasteiger partial charge in [0.15, 0.2) is 0 Å². The quantitative estimate of drug-likeness (QED) is 0.723. The third kappa shape index (κ3) is 5.16. The Morgan fingerprint density at radius 2 is 1.96 bits per heavy atom. The number of likely N-dealkylation sites (N-methyl/N-ethyl adjacent to an activating group) is 1. The number of carbonyl (C=O) groups is 2. The van der Waals surface area contributed by atoms with Crippen molar-refractivity contribution in [3.63, 3.8) is 0 Å². The molecule has 1 amide bonds. The zero-order chi connectivity index (χ0) is 17.5. The number of aryl methyl sites for hydroxylation is 1. The van der Waals surface area contributed by atoms with Crippen LogP contribution in [0.1, 0.15) is 24.1 Å². The first-order valence-electron chi connectivity index (χ1n) is 7.82. The first kappa shape index (κ1) is 18.1. The maximum absolute atomic E-state index is 12.2. The van der Waals surface area contributed by atoms with Crippen LogP contribution in [0.4, 0.5) is 0 Å². The van der Waals surface area contributed by atoms with Crippen LogP contribution < -0.4 is 0 Å². The Bertz CT molecular complexity index is 695. The van der Waals surface area contributed by atoms with E-state index in [0.717, 1.165) is 16.3 Å². The highest BCUT2D eigenvalue weighted by Gasteiger charge is 2.13. The molecule has 5 nitrogen and oxygen atoms in total. The SMILES string of the molecule is COC(=O)CCCN(C)C(=O)Cc1csc(-c2ccc(C)cc2)n1. The van der Waals surface area contributed by atoms with Gasteiger partial charge in [-0.15, -0.1) is 11.3 Å². The standard InChI is InChI=1S/C18H22N2O3S/c1-13-6-8-14(9-7-13)18-19-15(12-24-18)11-16(21)20(2)10-4-5-17(22)23-3/h6-9,12H,4-5,10-11H2,1-3H3. The molecule has 0 saturated heterocycles. The molecular formula is C18H22N2O3S. The largest absolute Gasteiger partial charge is 0.469 e. The van der Waals surface area contributed by atoms with Crippen LogP contribution in [0, 0.1) is 6.92 Å². The van der Waals surface area contributed by atoms with Gasteiger partial charge < -0.3 is 9.64 Å². The van der Waals surface area contributed by atoms with Gasteiger partial charge in [-0.2, -0.15) is 0 Å². The second-order valence-electron chi connectivity index (χ2n) is 5.68. The highest BCUT2D eigenvalue weighted by molar-refractivity contribution is 7.13. The molecule has 1 aromatic heterocycles. The number of ether oxygens (including phenoxy) is 1. The van der Waals surface area contributed by atoms with E-state index in [4.69, 9.17) is 0 Å². The number of esters is 1. The highest BCUT2D eigenvalue weighted by atomic mass is 32.1. The molecule has 0 saturated carbocycles. The van der Waals surface area contributed by atoms with E-state index < -0.39 is 0 Å². The van der Waals surface area contributed by atoms with Crippen molar-refractivity contribution in [3.8, 4) is 10.6 Å². The maximum atomic E-state index is 12.2. The van der Waals surface area contributed by atoms with Gasteiger partial charge in [0, 0.05) is 31.0 Å². The van der Waals surface area contributed by atoms with Gasteiger partial charge in [-0.3, -0.25) is 9.59 Å². The van der Waals surface area contributed by atoms with Crippen LogP contribution in [0.25, 0.3) is 10.6 Å². The molecule has 0 aliphatic carbocycles. The first-order valence-corrected chi connectivity index (χ1v) is 8.70. The lowest BCUT2D eigenvalue weighted by molar-refractivity contribution is -0.141. The molecule has 1 aromatic carbocycles. The van der Waals surface area contributed by atoms with Crippen LogP contribution in [0.15, 0.2) is 29.6 Å². The number of rotatable bonds is 7. The summed E-state index contributed by atoms with van der Waals surface area (Å²) in [6.07, 6.45) is 1.19. The lowest BCUT2D eigenvalue weighted by atomic mass is 10.2. The topological polar surface area (TPSA) is 59.5 Å². The number of hydrogen-bond acceptors (Lipinski definition) is 5. The predicted molar refractivity (Wildman–Crippen MR) is 94.9 cm³/mol. The molecule has 6 heteroatoms. The van der Waals surface area contributed by atoms with Crippen LogP contribution in [0.3, 0.4) is 0 Å². The summed E-state index contributed by atoms with van der Waals surface area (Å²) >= 11 is 1.54. The fraction of sp³-hybridized carbons (Fsp3) is 0.389. The van der Waals surface area contributed by atoms with Gasteiger partial charge in [-0.1, -0.05) is 29.8 Å². The van der Waals surface area contributed by atoms with Gasteiger partial charge in [0.1, 0.15) is 5.01 Å². The zero-order valence-electron chi connectivity index (χ0n) is 14.2. The smallest absolute Gasteiger partial charge is 0.305 e. The number of hydrogen-bond donors (Lipinski definition) is 0. The number of thiazole rings is 1. The summed E-state index contributed by atoms with van der Waals surface area (Å²) in [4.78, 5) is 29.5. The molecule has 0 radical (unpaired) electrons. The Morgan fingerprint density at radius 1 is 1.25 bits per heavy atom. The third-order valence-electron chi connectivity index (χ3n) is 3.71. The zero-order valence-corrected chi connectivity index (χ0v) is 15.1. The Morgan fingerprint density at radius 3 is 2.62 bits per heavy atom. The van der Waals surface area contributed by atoms with Crippen molar-refractivity contribution < 1.29 is 14.3 Å².